The molecular weight excluding hydrogens is 383 g/mol. The molecule has 1 aliphatic heterocycles. The van der Waals surface area contributed by atoms with Gasteiger partial charge in [0.1, 0.15) is 11.6 Å². The first-order chi connectivity index (χ1) is 13.3. The summed E-state index contributed by atoms with van der Waals surface area (Å²) >= 11 is 0. The number of carbonyl (C=O) groups excluding carboxylic acids is 1. The van der Waals surface area contributed by atoms with Crippen molar-refractivity contribution in [2.45, 2.75) is 17.7 Å². The van der Waals surface area contributed by atoms with Crippen molar-refractivity contribution in [1.29, 1.82) is 0 Å². The standard InChI is InChI=1S/C19H17FN4O3S/c1-24-16-5-3-2-4-15(16)21-18(24)11-19(25)23-22-14-8-9-28(26,27)17-7-6-12(20)10-13(14)17/h2-7,10H,8-9,11H2,1H3,(H,23,25). The van der Waals surface area contributed by atoms with E-state index in [-0.39, 0.29) is 29.1 Å². The third-order valence-corrected chi connectivity index (χ3v) is 6.48. The van der Waals surface area contributed by atoms with E-state index < -0.39 is 21.6 Å². The molecule has 0 atom stereocenters. The Hall–Kier alpha value is -3.07. The monoisotopic (exact) mass is 400 g/mol. The number of nitrogens with one attached hydrogen (secondary N) is 1. The third-order valence-electron chi connectivity index (χ3n) is 4.71. The zero-order valence-electron chi connectivity index (χ0n) is 15.0. The van der Waals surface area contributed by atoms with Crippen LogP contribution in [-0.2, 0) is 28.1 Å². The van der Waals surface area contributed by atoms with Gasteiger partial charge in [-0.2, -0.15) is 5.10 Å². The Morgan fingerprint density at radius 2 is 2.07 bits per heavy atom. The van der Waals surface area contributed by atoms with E-state index in [0.29, 0.717) is 11.5 Å². The maximum atomic E-state index is 13.6. The van der Waals surface area contributed by atoms with E-state index >= 15 is 0 Å². The molecule has 1 N–H and O–H groups in total. The van der Waals surface area contributed by atoms with Crippen molar-refractivity contribution in [2.75, 3.05) is 5.75 Å². The number of fused-ring (bicyclic) bond motifs is 2. The van der Waals surface area contributed by atoms with Crippen LogP contribution in [0.2, 0.25) is 0 Å². The summed E-state index contributed by atoms with van der Waals surface area (Å²) in [5, 5.41) is 4.06. The van der Waals surface area contributed by atoms with E-state index in [0.717, 1.165) is 23.2 Å². The number of sulfone groups is 1. The van der Waals surface area contributed by atoms with Crippen LogP contribution >= 0.6 is 0 Å². The van der Waals surface area contributed by atoms with Gasteiger partial charge in [-0.25, -0.2) is 23.2 Å². The van der Waals surface area contributed by atoms with Crippen LogP contribution < -0.4 is 5.43 Å². The lowest BCUT2D eigenvalue weighted by Gasteiger charge is -2.18. The van der Waals surface area contributed by atoms with Gasteiger partial charge in [-0.1, -0.05) is 12.1 Å². The van der Waals surface area contributed by atoms with Crippen LogP contribution in [0.15, 0.2) is 52.5 Å². The first-order valence-electron chi connectivity index (χ1n) is 8.63. The minimum Gasteiger partial charge on any atom is -0.331 e. The minimum atomic E-state index is -3.47. The molecule has 9 heteroatoms. The van der Waals surface area contributed by atoms with Gasteiger partial charge in [0.2, 0.25) is 5.91 Å². The molecule has 1 amide bonds. The Balaban J connectivity index is 1.56. The van der Waals surface area contributed by atoms with Crippen LogP contribution in [0.3, 0.4) is 0 Å². The summed E-state index contributed by atoms with van der Waals surface area (Å²) in [4.78, 5) is 16.8. The van der Waals surface area contributed by atoms with E-state index in [4.69, 9.17) is 0 Å². The van der Waals surface area contributed by atoms with Crippen LogP contribution in [0.25, 0.3) is 11.0 Å². The average Bonchev–Trinajstić information content (AvgIpc) is 2.97. The Labute approximate surface area is 160 Å². The van der Waals surface area contributed by atoms with Gasteiger partial charge in [-0.15, -0.1) is 0 Å². The van der Waals surface area contributed by atoms with Gasteiger partial charge in [-0.3, -0.25) is 4.79 Å². The molecule has 144 valence electrons. The maximum absolute atomic E-state index is 13.6. The molecule has 28 heavy (non-hydrogen) atoms. The van der Waals surface area contributed by atoms with Gasteiger partial charge in [0, 0.05) is 19.0 Å². The number of hydrogen-bond donors (Lipinski definition) is 1. The molecule has 0 radical (unpaired) electrons. The highest BCUT2D eigenvalue weighted by Gasteiger charge is 2.28. The molecule has 2 aromatic carbocycles. The highest BCUT2D eigenvalue weighted by Crippen LogP contribution is 2.26. The zero-order valence-corrected chi connectivity index (χ0v) is 15.8. The summed E-state index contributed by atoms with van der Waals surface area (Å²) in [5.41, 5.74) is 4.67. The van der Waals surface area contributed by atoms with E-state index in [2.05, 4.69) is 15.5 Å². The van der Waals surface area contributed by atoms with Crippen molar-refractivity contribution in [3.05, 3.63) is 59.7 Å². The number of halogens is 1. The number of hydrogen-bond acceptors (Lipinski definition) is 5. The maximum Gasteiger partial charge on any atom is 0.247 e. The number of rotatable bonds is 3. The molecule has 1 aromatic heterocycles. The molecule has 0 bridgehead atoms. The number of nitrogens with zero attached hydrogens (tertiary/aromatic N) is 3. The lowest BCUT2D eigenvalue weighted by atomic mass is 10.1. The molecule has 2 heterocycles. The molecule has 0 aliphatic carbocycles. The lowest BCUT2D eigenvalue weighted by Crippen LogP contribution is -2.27. The molecule has 7 nitrogen and oxygen atoms in total. The highest BCUT2D eigenvalue weighted by atomic mass is 32.2. The fraction of sp³-hybridized carbons (Fsp3) is 0.211. The van der Waals surface area contributed by atoms with Gasteiger partial charge in [0.25, 0.3) is 0 Å². The first kappa shape index (κ1) is 18.3. The number of aromatic nitrogens is 2. The van der Waals surface area contributed by atoms with Crippen molar-refractivity contribution in [1.82, 2.24) is 15.0 Å². The molecule has 0 spiro atoms. The van der Waals surface area contributed by atoms with E-state index in [1.54, 1.807) is 0 Å². The number of benzene rings is 2. The van der Waals surface area contributed by atoms with Crippen LogP contribution in [0.4, 0.5) is 4.39 Å². The fourth-order valence-corrected chi connectivity index (χ4v) is 4.73. The molecule has 3 aromatic rings. The second kappa shape index (κ2) is 6.83. The Kier molecular flexibility index (Phi) is 4.46. The number of amides is 1. The van der Waals surface area contributed by atoms with Crippen LogP contribution in [0.5, 0.6) is 0 Å². The minimum absolute atomic E-state index is 0.0102. The molecule has 0 unspecified atom stereocenters. The lowest BCUT2D eigenvalue weighted by molar-refractivity contribution is -0.120. The molecule has 0 saturated carbocycles. The second-order valence-electron chi connectivity index (χ2n) is 6.56. The molecule has 0 saturated heterocycles. The zero-order chi connectivity index (χ0) is 19.9. The molecular formula is C19H17FN4O3S. The number of hydrazone groups is 1. The Bertz CT molecular complexity index is 1230. The average molecular weight is 400 g/mol. The molecule has 0 fully saturated rings. The van der Waals surface area contributed by atoms with Crippen LogP contribution in [0, 0.1) is 5.82 Å². The van der Waals surface area contributed by atoms with Gasteiger partial charge in [0.05, 0.1) is 33.8 Å². The fourth-order valence-electron chi connectivity index (χ4n) is 3.26. The van der Waals surface area contributed by atoms with E-state index in [9.17, 15) is 17.6 Å². The van der Waals surface area contributed by atoms with Gasteiger partial charge < -0.3 is 4.57 Å². The summed E-state index contributed by atoms with van der Waals surface area (Å²) in [6.45, 7) is 0. The summed E-state index contributed by atoms with van der Waals surface area (Å²) in [5.74, 6) is -0.506. The predicted octanol–water partition coefficient (Wildman–Crippen LogP) is 1.95. The number of carbonyl (C=O) groups is 1. The van der Waals surface area contributed by atoms with Crippen molar-refractivity contribution < 1.29 is 17.6 Å². The third kappa shape index (κ3) is 3.29. The highest BCUT2D eigenvalue weighted by molar-refractivity contribution is 7.91. The first-order valence-corrected chi connectivity index (χ1v) is 10.3. The van der Waals surface area contributed by atoms with Crippen LogP contribution in [-0.4, -0.2) is 35.3 Å². The van der Waals surface area contributed by atoms with Gasteiger partial charge in [-0.05, 0) is 30.3 Å². The predicted molar refractivity (Wildman–Crippen MR) is 102 cm³/mol. The van der Waals surface area contributed by atoms with Crippen molar-refractivity contribution in [3.8, 4) is 0 Å². The Morgan fingerprint density at radius 1 is 1.29 bits per heavy atom. The summed E-state index contributed by atoms with van der Waals surface area (Å²) < 4.78 is 39.7. The van der Waals surface area contributed by atoms with Gasteiger partial charge >= 0.3 is 0 Å². The second-order valence-corrected chi connectivity index (χ2v) is 8.63. The van der Waals surface area contributed by atoms with Crippen LogP contribution in [0.1, 0.15) is 17.8 Å². The number of para-hydroxylation sites is 2. The number of aryl methyl sites for hydroxylation is 1. The Morgan fingerprint density at radius 3 is 2.86 bits per heavy atom. The SMILES string of the molecule is Cn1c(CC(=O)NN=C2CCS(=O)(=O)c3ccc(F)cc32)nc2ccccc21. The van der Waals surface area contributed by atoms with Gasteiger partial charge in [0.15, 0.2) is 9.84 Å². The normalized spacial score (nSPS) is 16.9. The van der Waals surface area contributed by atoms with Crippen molar-refractivity contribution in [3.63, 3.8) is 0 Å². The largest absolute Gasteiger partial charge is 0.331 e. The molecule has 1 aliphatic rings. The molecule has 4 rings (SSSR count). The summed E-state index contributed by atoms with van der Waals surface area (Å²) in [7, 11) is -1.64. The number of imidazole rings is 1. The smallest absolute Gasteiger partial charge is 0.247 e. The van der Waals surface area contributed by atoms with E-state index in [1.165, 1.54) is 6.07 Å². The quantitative estimate of drug-likeness (QED) is 0.537. The van der Waals surface area contributed by atoms with Crippen molar-refractivity contribution in [2.24, 2.45) is 12.1 Å². The van der Waals surface area contributed by atoms with E-state index in [1.807, 2.05) is 35.9 Å². The summed E-state index contributed by atoms with van der Waals surface area (Å²) in [6.07, 6.45) is 0.113. The van der Waals surface area contributed by atoms with Crippen molar-refractivity contribution >= 4 is 32.5 Å². The topological polar surface area (TPSA) is 93.4 Å². The summed E-state index contributed by atoms with van der Waals surface area (Å²) in [6, 6.07) is 11.0.